The quantitative estimate of drug-likeness (QED) is 0.134. The van der Waals surface area contributed by atoms with Gasteiger partial charge in [0.15, 0.2) is 0 Å². The fraction of sp³-hybridized carbons (Fsp3) is 0.275. The average Bonchev–Trinajstić information content (AvgIpc) is 2.96. The summed E-state index contributed by atoms with van der Waals surface area (Å²) in [6, 6.07) is 37.9. The predicted molar refractivity (Wildman–Crippen MR) is 182 cm³/mol. The van der Waals surface area contributed by atoms with Gasteiger partial charge < -0.3 is 5.32 Å². The molecule has 0 amide bonds. The number of fused-ring (bicyclic) bond motifs is 2. The molecule has 2 heterocycles. The van der Waals surface area contributed by atoms with Crippen LogP contribution in [0.5, 0.6) is 0 Å². The maximum Gasteiger partial charge on any atom is 3.00 e. The normalized spacial score (nSPS) is 13.7. The molecule has 4 aromatic carbocycles. The van der Waals surface area contributed by atoms with E-state index in [1.54, 1.807) is 11.8 Å². The molecule has 4 heteroatoms. The van der Waals surface area contributed by atoms with E-state index in [2.05, 4.69) is 139 Å². The van der Waals surface area contributed by atoms with Gasteiger partial charge in [-0.05, 0) is 23.0 Å². The van der Waals surface area contributed by atoms with Crippen molar-refractivity contribution in [3.8, 4) is 22.3 Å². The molecule has 0 atom stereocenters. The van der Waals surface area contributed by atoms with Crippen molar-refractivity contribution >= 4 is 23.1 Å². The Kier molecular flexibility index (Phi) is 8.83. The summed E-state index contributed by atoms with van der Waals surface area (Å²) in [4.78, 5) is 5.62. The summed E-state index contributed by atoms with van der Waals surface area (Å²) >= 11 is 1.65. The van der Waals surface area contributed by atoms with Crippen LogP contribution in [-0.4, -0.2) is 4.98 Å². The molecule has 1 aliphatic heterocycles. The number of pyridine rings is 1. The molecule has 0 aliphatic carbocycles. The number of aromatic nitrogens is 1. The van der Waals surface area contributed by atoms with E-state index < -0.39 is 0 Å². The molecule has 0 saturated heterocycles. The van der Waals surface area contributed by atoms with Crippen LogP contribution in [0, 0.1) is 12.1 Å². The minimum Gasteiger partial charge on any atom is -0.663 e. The Morgan fingerprint density at radius 1 is 0.682 bits per heavy atom. The summed E-state index contributed by atoms with van der Waals surface area (Å²) < 4.78 is 0. The largest absolute Gasteiger partial charge is 3.00 e. The van der Waals surface area contributed by atoms with Gasteiger partial charge >= 0.3 is 22.4 Å². The average molecular weight is 777 g/mol. The third-order valence-corrected chi connectivity index (χ3v) is 9.29. The molecule has 0 radical (unpaired) electrons. The predicted octanol–water partition coefficient (Wildman–Crippen LogP) is 11.7. The maximum atomic E-state index is 5.24. The van der Waals surface area contributed by atoms with Gasteiger partial charge in [0.25, 0.3) is 0 Å². The first kappa shape index (κ1) is 32.3. The first-order chi connectivity index (χ1) is 20.3. The van der Waals surface area contributed by atoms with Gasteiger partial charge in [-0.2, -0.15) is 35.5 Å². The van der Waals surface area contributed by atoms with Crippen molar-refractivity contribution in [1.29, 1.82) is 0 Å². The Hall–Kier alpha value is -3.08. The van der Waals surface area contributed by atoms with Gasteiger partial charge in [0.05, 0.1) is 5.03 Å². The third kappa shape index (κ3) is 6.34. The van der Waals surface area contributed by atoms with Gasteiger partial charge in [-0.15, -0.1) is 34.5 Å². The second kappa shape index (κ2) is 12.0. The second-order valence-corrected chi connectivity index (χ2v) is 15.1. The smallest absolute Gasteiger partial charge is 0.663 e. The zero-order valence-corrected chi connectivity index (χ0v) is 29.7. The molecular weight excluding hydrogens is 737 g/mol. The van der Waals surface area contributed by atoms with Gasteiger partial charge in [0, 0.05) is 11.6 Å². The van der Waals surface area contributed by atoms with E-state index in [4.69, 9.17) is 5.32 Å². The Morgan fingerprint density at radius 2 is 1.30 bits per heavy atom. The van der Waals surface area contributed by atoms with E-state index >= 15 is 0 Å². The molecule has 1 aromatic heterocycles. The summed E-state index contributed by atoms with van der Waals surface area (Å²) in [7, 11) is 0. The Morgan fingerprint density at radius 3 is 1.98 bits per heavy atom. The minimum atomic E-state index is -0.152. The minimum absolute atomic E-state index is 0. The molecule has 5 aromatic rings. The maximum absolute atomic E-state index is 5.24. The van der Waals surface area contributed by atoms with Gasteiger partial charge in [-0.3, -0.25) is 0 Å². The van der Waals surface area contributed by atoms with Gasteiger partial charge in [0.2, 0.25) is 0 Å². The fourth-order valence-electron chi connectivity index (χ4n) is 5.74. The molecule has 0 unspecified atom stereocenters. The number of hydrogen-bond acceptors (Lipinski definition) is 2. The van der Waals surface area contributed by atoms with E-state index in [1.807, 2.05) is 24.4 Å². The van der Waals surface area contributed by atoms with Crippen LogP contribution in [0.25, 0.3) is 27.6 Å². The third-order valence-electron chi connectivity index (χ3n) is 8.40. The van der Waals surface area contributed by atoms with Crippen LogP contribution in [0.15, 0.2) is 101 Å². The summed E-state index contributed by atoms with van der Waals surface area (Å²) in [6.45, 7) is 18.2. The van der Waals surface area contributed by atoms with Gasteiger partial charge in [0.1, 0.15) is 0 Å². The molecular formula is C40H39AuN2S. The molecule has 44 heavy (non-hydrogen) atoms. The number of hydrogen-bond donors (Lipinski definition) is 0. The fourth-order valence-corrected chi connectivity index (χ4v) is 6.57. The molecule has 6 rings (SSSR count). The molecule has 226 valence electrons. The van der Waals surface area contributed by atoms with Crippen molar-refractivity contribution in [3.63, 3.8) is 0 Å². The van der Waals surface area contributed by atoms with Crippen molar-refractivity contribution in [3.05, 3.63) is 131 Å². The van der Waals surface area contributed by atoms with E-state index in [-0.39, 0.29) is 38.6 Å². The van der Waals surface area contributed by atoms with Crippen molar-refractivity contribution < 1.29 is 22.4 Å². The van der Waals surface area contributed by atoms with Crippen molar-refractivity contribution in [2.75, 3.05) is 0 Å². The molecule has 1 aliphatic rings. The van der Waals surface area contributed by atoms with E-state index in [0.29, 0.717) is 0 Å². The van der Waals surface area contributed by atoms with Crippen LogP contribution in [0.2, 0.25) is 0 Å². The van der Waals surface area contributed by atoms with Crippen LogP contribution in [0.3, 0.4) is 0 Å². The van der Waals surface area contributed by atoms with E-state index in [0.717, 1.165) is 43.6 Å². The summed E-state index contributed by atoms with van der Waals surface area (Å²) in [5.41, 5.74) is 11.2. The number of benzene rings is 4. The van der Waals surface area contributed by atoms with Crippen LogP contribution < -0.4 is 0 Å². The zero-order chi connectivity index (χ0) is 30.6. The number of rotatable bonds is 4. The Bertz CT molecular complexity index is 1810. The first-order valence-electron chi connectivity index (χ1n) is 15.0. The van der Waals surface area contributed by atoms with Gasteiger partial charge in [-0.25, -0.2) is 10.5 Å². The van der Waals surface area contributed by atoms with Crippen LogP contribution in [-0.2, 0) is 38.6 Å². The first-order valence-corrected chi connectivity index (χ1v) is 15.8. The van der Waals surface area contributed by atoms with Crippen LogP contribution in [0.4, 0.5) is 11.4 Å². The van der Waals surface area contributed by atoms with Crippen molar-refractivity contribution in [1.82, 2.24) is 4.98 Å². The molecule has 2 nitrogen and oxygen atoms in total. The topological polar surface area (TPSA) is 27.0 Å². The van der Waals surface area contributed by atoms with E-state index in [1.165, 1.54) is 22.3 Å². The molecule has 0 spiro atoms. The molecule has 0 N–H and O–H groups in total. The van der Waals surface area contributed by atoms with Gasteiger partial charge in [-0.1, -0.05) is 137 Å². The molecule has 0 saturated carbocycles. The molecule has 0 fully saturated rings. The number of nitrogens with zero attached hydrogens (tertiary/aromatic N) is 2. The SMILES string of the molecule is CC(C)(C)c1cc(Sc2ccccn2)[c-]c(-c2[c-]c(-c3cccc4c3[N-]c3ccccc3C4(C)C)cc(C(C)(C)C)c2)c1.[Au+3]. The Balaban J connectivity index is 0.00000384. The second-order valence-electron chi connectivity index (χ2n) is 14.1. The summed E-state index contributed by atoms with van der Waals surface area (Å²) in [5, 5.41) is 6.21. The summed E-state index contributed by atoms with van der Waals surface area (Å²) in [5.74, 6) is 0. The molecule has 0 bridgehead atoms. The monoisotopic (exact) mass is 776 g/mol. The summed E-state index contributed by atoms with van der Waals surface area (Å²) in [6.07, 6.45) is 1.84. The number of para-hydroxylation sites is 2. The van der Waals surface area contributed by atoms with E-state index in [9.17, 15) is 0 Å². The van der Waals surface area contributed by atoms with Crippen molar-refractivity contribution in [2.45, 2.75) is 81.6 Å². The van der Waals surface area contributed by atoms with Crippen molar-refractivity contribution in [2.24, 2.45) is 0 Å². The Labute approximate surface area is 283 Å². The zero-order valence-electron chi connectivity index (χ0n) is 26.8. The standard InChI is InChI=1S/C40H39N2S.Au/c1-38(2,3)29-21-26(27-22-30(39(4,5)6)25-31(24-27)43-36-18-11-12-19-41-36)20-28(23-29)32-14-13-16-34-37(32)42-35-17-10-9-15-33(35)40(34,7)8;/h9-19,21-23,25H,1-8H3;/q-3;+3. The van der Waals surface area contributed by atoms with Crippen LogP contribution >= 0.6 is 11.8 Å². The van der Waals surface area contributed by atoms with Crippen LogP contribution in [0.1, 0.15) is 77.6 Å².